The Kier molecular flexibility index (Phi) is 1.75. The standard InChI is InChI=1S/C5H4INO2/c6-4-1-3(2-7-4)5(8)9/h1-2,7H,(H,8,9). The largest absolute Gasteiger partial charge is 0.478 e. The third-order valence-electron chi connectivity index (χ3n) is 0.895. The van der Waals surface area contributed by atoms with Gasteiger partial charge in [0.25, 0.3) is 0 Å². The van der Waals surface area contributed by atoms with Crippen LogP contribution in [0.25, 0.3) is 0 Å². The predicted molar refractivity (Wildman–Crippen MR) is 40.5 cm³/mol. The van der Waals surface area contributed by atoms with Gasteiger partial charge in [-0.15, -0.1) is 0 Å². The van der Waals surface area contributed by atoms with Gasteiger partial charge in [0, 0.05) is 6.20 Å². The number of halogens is 1. The van der Waals surface area contributed by atoms with Gasteiger partial charge in [0.2, 0.25) is 0 Å². The van der Waals surface area contributed by atoms with E-state index >= 15 is 0 Å². The number of rotatable bonds is 1. The molecular weight excluding hydrogens is 233 g/mol. The minimum absolute atomic E-state index is 0.305. The first-order valence-corrected chi connectivity index (χ1v) is 3.35. The summed E-state index contributed by atoms with van der Waals surface area (Å²) in [5.74, 6) is -0.894. The molecule has 3 nitrogen and oxygen atoms in total. The molecule has 0 amide bonds. The maximum absolute atomic E-state index is 10.2. The Balaban J connectivity index is 2.98. The molecule has 48 valence electrons. The first-order chi connectivity index (χ1) is 4.20. The summed E-state index contributed by atoms with van der Waals surface area (Å²) in [5, 5.41) is 8.37. The van der Waals surface area contributed by atoms with Crippen LogP contribution in [0.1, 0.15) is 10.4 Å². The number of hydrogen-bond donors (Lipinski definition) is 2. The lowest BCUT2D eigenvalue weighted by molar-refractivity contribution is 0.0697. The van der Waals surface area contributed by atoms with E-state index in [-0.39, 0.29) is 0 Å². The van der Waals surface area contributed by atoms with E-state index in [1.165, 1.54) is 6.20 Å². The van der Waals surface area contributed by atoms with Gasteiger partial charge in [0.15, 0.2) is 0 Å². The van der Waals surface area contributed by atoms with Crippen molar-refractivity contribution in [3.8, 4) is 0 Å². The Morgan fingerprint density at radius 1 is 1.78 bits per heavy atom. The fourth-order valence-electron chi connectivity index (χ4n) is 0.490. The molecule has 0 saturated carbocycles. The minimum atomic E-state index is -0.894. The minimum Gasteiger partial charge on any atom is -0.478 e. The number of H-pyrrole nitrogens is 1. The Bertz CT molecular complexity index is 231. The van der Waals surface area contributed by atoms with Crippen LogP contribution < -0.4 is 0 Å². The molecule has 0 unspecified atom stereocenters. The highest BCUT2D eigenvalue weighted by Gasteiger charge is 2.02. The van der Waals surface area contributed by atoms with Crippen molar-refractivity contribution in [1.82, 2.24) is 4.98 Å². The maximum atomic E-state index is 10.2. The number of hydrogen-bond acceptors (Lipinski definition) is 1. The topological polar surface area (TPSA) is 53.1 Å². The number of aromatic carboxylic acids is 1. The number of aromatic amines is 1. The first kappa shape index (κ1) is 6.60. The smallest absolute Gasteiger partial charge is 0.337 e. The Morgan fingerprint density at radius 3 is 2.67 bits per heavy atom. The van der Waals surface area contributed by atoms with E-state index in [0.29, 0.717) is 5.56 Å². The summed E-state index contributed by atoms with van der Waals surface area (Å²) >= 11 is 2.02. The van der Waals surface area contributed by atoms with Gasteiger partial charge in [-0.1, -0.05) is 0 Å². The van der Waals surface area contributed by atoms with E-state index in [1.807, 2.05) is 22.6 Å². The quantitative estimate of drug-likeness (QED) is 0.723. The van der Waals surface area contributed by atoms with Crippen LogP contribution in [-0.4, -0.2) is 16.1 Å². The third kappa shape index (κ3) is 1.44. The van der Waals surface area contributed by atoms with Crippen molar-refractivity contribution in [2.45, 2.75) is 0 Å². The summed E-state index contributed by atoms with van der Waals surface area (Å²) in [5.41, 5.74) is 0.305. The zero-order valence-electron chi connectivity index (χ0n) is 4.39. The second-order valence-corrected chi connectivity index (χ2v) is 2.70. The average Bonchev–Trinajstić information content (AvgIpc) is 2.14. The molecule has 1 heterocycles. The molecule has 0 atom stereocenters. The second kappa shape index (κ2) is 2.38. The summed E-state index contributed by atoms with van der Waals surface area (Å²) in [4.78, 5) is 12.9. The van der Waals surface area contributed by atoms with Gasteiger partial charge in [-0.3, -0.25) is 0 Å². The molecule has 0 saturated heterocycles. The monoisotopic (exact) mass is 237 g/mol. The van der Waals surface area contributed by atoms with E-state index in [2.05, 4.69) is 4.98 Å². The Hall–Kier alpha value is -0.520. The highest BCUT2D eigenvalue weighted by atomic mass is 127. The van der Waals surface area contributed by atoms with Crippen LogP contribution in [0, 0.1) is 3.70 Å². The van der Waals surface area contributed by atoms with Crippen molar-refractivity contribution < 1.29 is 9.90 Å². The van der Waals surface area contributed by atoms with Crippen LogP contribution in [0.15, 0.2) is 12.3 Å². The lowest BCUT2D eigenvalue weighted by Gasteiger charge is -1.79. The lowest BCUT2D eigenvalue weighted by Crippen LogP contribution is -1.91. The van der Waals surface area contributed by atoms with Crippen molar-refractivity contribution in [2.24, 2.45) is 0 Å². The molecule has 2 N–H and O–H groups in total. The molecule has 0 aliphatic carbocycles. The molecule has 4 heteroatoms. The number of carboxylic acid groups (broad SMARTS) is 1. The Labute approximate surface area is 65.2 Å². The van der Waals surface area contributed by atoms with Crippen molar-refractivity contribution >= 4 is 28.6 Å². The number of carboxylic acids is 1. The molecule has 0 aliphatic rings. The van der Waals surface area contributed by atoms with Crippen LogP contribution in [0.2, 0.25) is 0 Å². The molecule has 1 aromatic rings. The molecule has 0 aromatic carbocycles. The Morgan fingerprint density at radius 2 is 2.44 bits per heavy atom. The van der Waals surface area contributed by atoms with Crippen LogP contribution in [-0.2, 0) is 0 Å². The van der Waals surface area contributed by atoms with Gasteiger partial charge < -0.3 is 10.1 Å². The highest BCUT2D eigenvalue weighted by molar-refractivity contribution is 14.1. The van der Waals surface area contributed by atoms with Crippen LogP contribution in [0.5, 0.6) is 0 Å². The highest BCUT2D eigenvalue weighted by Crippen LogP contribution is 2.04. The summed E-state index contributed by atoms with van der Waals surface area (Å²) in [7, 11) is 0. The zero-order chi connectivity index (χ0) is 6.85. The molecule has 0 spiro atoms. The van der Waals surface area contributed by atoms with Crippen LogP contribution in [0.3, 0.4) is 0 Å². The summed E-state index contributed by atoms with van der Waals surface area (Å²) in [6, 6.07) is 1.57. The lowest BCUT2D eigenvalue weighted by atomic mass is 10.4. The van der Waals surface area contributed by atoms with Gasteiger partial charge in [0.05, 0.1) is 9.26 Å². The number of carbonyl (C=O) groups is 1. The van der Waals surface area contributed by atoms with Crippen LogP contribution in [0.4, 0.5) is 0 Å². The first-order valence-electron chi connectivity index (χ1n) is 2.27. The van der Waals surface area contributed by atoms with Crippen LogP contribution >= 0.6 is 22.6 Å². The maximum Gasteiger partial charge on any atom is 0.337 e. The molecule has 9 heavy (non-hydrogen) atoms. The van der Waals surface area contributed by atoms with E-state index in [9.17, 15) is 4.79 Å². The van der Waals surface area contributed by atoms with Crippen molar-refractivity contribution in [3.05, 3.63) is 21.5 Å². The molecule has 0 radical (unpaired) electrons. The van der Waals surface area contributed by atoms with E-state index in [1.54, 1.807) is 6.07 Å². The molecule has 0 bridgehead atoms. The second-order valence-electron chi connectivity index (χ2n) is 1.54. The van der Waals surface area contributed by atoms with Crippen molar-refractivity contribution in [1.29, 1.82) is 0 Å². The third-order valence-corrected chi connectivity index (χ3v) is 1.52. The van der Waals surface area contributed by atoms with Gasteiger partial charge in [-0.05, 0) is 28.7 Å². The summed E-state index contributed by atoms with van der Waals surface area (Å²) in [6.07, 6.45) is 1.46. The van der Waals surface area contributed by atoms with Crippen molar-refractivity contribution in [3.63, 3.8) is 0 Å². The molecule has 0 aliphatic heterocycles. The summed E-state index contributed by atoms with van der Waals surface area (Å²) < 4.78 is 0.838. The van der Waals surface area contributed by atoms with E-state index in [0.717, 1.165) is 3.70 Å². The average molecular weight is 237 g/mol. The fourth-order valence-corrected chi connectivity index (χ4v) is 0.981. The number of aromatic nitrogens is 1. The van der Waals surface area contributed by atoms with E-state index < -0.39 is 5.97 Å². The van der Waals surface area contributed by atoms with E-state index in [4.69, 9.17) is 5.11 Å². The fraction of sp³-hybridized carbons (Fsp3) is 0. The number of nitrogens with one attached hydrogen (secondary N) is 1. The molecular formula is C5H4INO2. The predicted octanol–water partition coefficient (Wildman–Crippen LogP) is 1.32. The van der Waals surface area contributed by atoms with Gasteiger partial charge in [-0.2, -0.15) is 0 Å². The van der Waals surface area contributed by atoms with Gasteiger partial charge in [-0.25, -0.2) is 4.79 Å². The molecule has 1 rings (SSSR count). The molecule has 0 fully saturated rings. The SMILES string of the molecule is O=C(O)c1c[nH]c(I)c1. The summed E-state index contributed by atoms with van der Waals surface area (Å²) in [6.45, 7) is 0. The van der Waals surface area contributed by atoms with Crippen molar-refractivity contribution in [2.75, 3.05) is 0 Å². The zero-order valence-corrected chi connectivity index (χ0v) is 6.55. The van der Waals surface area contributed by atoms with Gasteiger partial charge in [0.1, 0.15) is 0 Å². The van der Waals surface area contributed by atoms with Gasteiger partial charge >= 0.3 is 5.97 Å². The normalized spacial score (nSPS) is 9.44. The molecule has 1 aromatic heterocycles.